The molecule has 0 heterocycles. The molecule has 1 aromatic rings. The van der Waals surface area contributed by atoms with Crippen molar-refractivity contribution in [2.45, 2.75) is 72.1 Å². The Bertz CT molecular complexity index is 635. The summed E-state index contributed by atoms with van der Waals surface area (Å²) in [5.41, 5.74) is 4.35. The Morgan fingerprint density at radius 3 is 2.25 bits per heavy atom. The molecule has 0 bridgehead atoms. The average Bonchev–Trinajstić information content (AvgIpc) is 2.76. The Hall–Kier alpha value is -1.44. The van der Waals surface area contributed by atoms with Crippen LogP contribution in [0.5, 0.6) is 0 Å². The van der Waals surface area contributed by atoms with Gasteiger partial charge in [0.25, 0.3) is 0 Å². The Morgan fingerprint density at radius 1 is 1.00 bits per heavy atom. The van der Waals surface area contributed by atoms with Crippen LogP contribution in [0.1, 0.15) is 73.6 Å². The zero-order valence-electron chi connectivity index (χ0n) is 15.5. The van der Waals surface area contributed by atoms with Crippen molar-refractivity contribution in [3.63, 3.8) is 0 Å². The lowest BCUT2D eigenvalue weighted by atomic mass is 9.75. The van der Waals surface area contributed by atoms with E-state index in [0.717, 1.165) is 23.1 Å². The summed E-state index contributed by atoms with van der Waals surface area (Å²) < 4.78 is 0. The van der Waals surface area contributed by atoms with E-state index >= 15 is 0 Å². The lowest BCUT2D eigenvalue weighted by Gasteiger charge is -2.30. The summed E-state index contributed by atoms with van der Waals surface area (Å²) in [5.74, 6) is 1.10. The van der Waals surface area contributed by atoms with Gasteiger partial charge in [0.05, 0.1) is 0 Å². The minimum Gasteiger partial charge on any atom is -0.298 e. The molecule has 2 aliphatic carbocycles. The minimum absolute atomic E-state index is 0.0480. The van der Waals surface area contributed by atoms with Gasteiger partial charge in [-0.15, -0.1) is 0 Å². The zero-order chi connectivity index (χ0) is 17.4. The van der Waals surface area contributed by atoms with Gasteiger partial charge in [-0.05, 0) is 55.7 Å². The highest BCUT2D eigenvalue weighted by molar-refractivity contribution is 6.14. The first-order valence-corrected chi connectivity index (χ1v) is 9.52. The predicted molar refractivity (Wildman–Crippen MR) is 97.3 cm³/mol. The second kappa shape index (κ2) is 6.82. The SMILES string of the molecule is Cc1cc(C)c(C2C(=O)CC(CC3CCCCC3C)C2=O)c(C)c1. The first kappa shape index (κ1) is 17.4. The van der Waals surface area contributed by atoms with E-state index in [0.29, 0.717) is 18.3 Å². The van der Waals surface area contributed by atoms with Crippen LogP contribution in [0.3, 0.4) is 0 Å². The van der Waals surface area contributed by atoms with Crippen molar-refractivity contribution < 1.29 is 9.59 Å². The largest absolute Gasteiger partial charge is 0.298 e. The Kier molecular flexibility index (Phi) is 4.94. The summed E-state index contributed by atoms with van der Waals surface area (Å²) in [6.45, 7) is 8.45. The van der Waals surface area contributed by atoms with Crippen molar-refractivity contribution in [3.8, 4) is 0 Å². The van der Waals surface area contributed by atoms with Gasteiger partial charge in [-0.25, -0.2) is 0 Å². The molecule has 130 valence electrons. The van der Waals surface area contributed by atoms with Crippen molar-refractivity contribution >= 4 is 11.6 Å². The van der Waals surface area contributed by atoms with Crippen LogP contribution in [0.2, 0.25) is 0 Å². The maximum Gasteiger partial charge on any atom is 0.151 e. The van der Waals surface area contributed by atoms with Crippen LogP contribution in [0.4, 0.5) is 0 Å². The lowest BCUT2D eigenvalue weighted by molar-refractivity contribution is -0.125. The first-order chi connectivity index (χ1) is 11.4. The van der Waals surface area contributed by atoms with E-state index in [1.807, 2.05) is 13.8 Å². The fourth-order valence-electron chi connectivity index (χ4n) is 5.11. The molecule has 4 atom stereocenters. The highest BCUT2D eigenvalue weighted by Crippen LogP contribution is 2.42. The third-order valence-corrected chi connectivity index (χ3v) is 6.36. The number of carbonyl (C=O) groups excluding carboxylic acids is 2. The summed E-state index contributed by atoms with van der Waals surface area (Å²) in [6.07, 6.45) is 6.49. The third-order valence-electron chi connectivity index (χ3n) is 6.36. The van der Waals surface area contributed by atoms with Gasteiger partial charge in [-0.3, -0.25) is 9.59 Å². The molecule has 2 nitrogen and oxygen atoms in total. The molecule has 0 amide bonds. The highest BCUT2D eigenvalue weighted by atomic mass is 16.2. The number of Topliss-reactive ketones (excluding diaryl/α,β-unsaturated/α-hetero) is 2. The molecule has 3 rings (SSSR count). The molecule has 0 aromatic heterocycles. The number of carbonyl (C=O) groups is 2. The number of benzene rings is 1. The molecule has 2 fully saturated rings. The molecule has 2 aliphatic rings. The van der Waals surface area contributed by atoms with E-state index < -0.39 is 5.92 Å². The van der Waals surface area contributed by atoms with Crippen LogP contribution in [-0.4, -0.2) is 11.6 Å². The van der Waals surface area contributed by atoms with Crippen LogP contribution in [0, 0.1) is 38.5 Å². The van der Waals surface area contributed by atoms with Gasteiger partial charge in [0, 0.05) is 12.3 Å². The summed E-state index contributed by atoms with van der Waals surface area (Å²) >= 11 is 0. The van der Waals surface area contributed by atoms with E-state index in [-0.39, 0.29) is 17.5 Å². The number of aryl methyl sites for hydroxylation is 3. The molecule has 0 aliphatic heterocycles. The van der Waals surface area contributed by atoms with Crippen LogP contribution in [-0.2, 0) is 9.59 Å². The molecule has 0 spiro atoms. The molecule has 0 saturated heterocycles. The van der Waals surface area contributed by atoms with Gasteiger partial charge >= 0.3 is 0 Å². The van der Waals surface area contributed by atoms with Crippen molar-refractivity contribution in [1.29, 1.82) is 0 Å². The fraction of sp³-hybridized carbons (Fsp3) is 0.636. The summed E-state index contributed by atoms with van der Waals surface area (Å²) in [7, 11) is 0. The number of ketones is 2. The van der Waals surface area contributed by atoms with E-state index in [1.54, 1.807) is 0 Å². The summed E-state index contributed by atoms with van der Waals surface area (Å²) in [6, 6.07) is 4.19. The smallest absolute Gasteiger partial charge is 0.151 e. The highest BCUT2D eigenvalue weighted by Gasteiger charge is 2.44. The number of hydrogen-bond donors (Lipinski definition) is 0. The Labute approximate surface area is 146 Å². The minimum atomic E-state index is -0.505. The third kappa shape index (κ3) is 3.20. The second-order valence-electron chi connectivity index (χ2n) is 8.27. The van der Waals surface area contributed by atoms with Gasteiger partial charge in [0.2, 0.25) is 0 Å². The molecule has 1 aromatic carbocycles. The lowest BCUT2D eigenvalue weighted by Crippen LogP contribution is -2.23. The van der Waals surface area contributed by atoms with Crippen molar-refractivity contribution in [2.75, 3.05) is 0 Å². The summed E-state index contributed by atoms with van der Waals surface area (Å²) in [5, 5.41) is 0. The van der Waals surface area contributed by atoms with Crippen molar-refractivity contribution in [3.05, 3.63) is 34.4 Å². The second-order valence-corrected chi connectivity index (χ2v) is 8.27. The van der Waals surface area contributed by atoms with E-state index in [9.17, 15) is 9.59 Å². The molecular weight excluding hydrogens is 296 g/mol. The van der Waals surface area contributed by atoms with Crippen LogP contribution >= 0.6 is 0 Å². The van der Waals surface area contributed by atoms with Crippen molar-refractivity contribution in [2.24, 2.45) is 17.8 Å². The Balaban J connectivity index is 1.82. The maximum absolute atomic E-state index is 13.1. The standard InChI is InChI=1S/C22H30O2/c1-13-9-15(3)20(16(4)10-13)21-19(23)12-18(22(21)24)11-17-8-6-5-7-14(17)2/h9-10,14,17-18,21H,5-8,11-12H2,1-4H3. The number of hydrogen-bond acceptors (Lipinski definition) is 2. The van der Waals surface area contributed by atoms with Gasteiger partial charge < -0.3 is 0 Å². The van der Waals surface area contributed by atoms with Crippen LogP contribution in [0.15, 0.2) is 12.1 Å². The average molecular weight is 326 g/mol. The molecule has 4 unspecified atom stereocenters. The quantitative estimate of drug-likeness (QED) is 0.727. The monoisotopic (exact) mass is 326 g/mol. The predicted octanol–water partition coefficient (Wildman–Crippen LogP) is 5.07. The normalized spacial score (nSPS) is 30.8. The van der Waals surface area contributed by atoms with Crippen molar-refractivity contribution in [1.82, 2.24) is 0 Å². The first-order valence-electron chi connectivity index (χ1n) is 9.52. The van der Waals surface area contributed by atoms with Crippen LogP contribution < -0.4 is 0 Å². The van der Waals surface area contributed by atoms with Gasteiger partial charge in [-0.2, -0.15) is 0 Å². The van der Waals surface area contributed by atoms with Gasteiger partial charge in [-0.1, -0.05) is 50.3 Å². The Morgan fingerprint density at radius 2 is 1.62 bits per heavy atom. The van der Waals surface area contributed by atoms with E-state index in [4.69, 9.17) is 0 Å². The van der Waals surface area contributed by atoms with Gasteiger partial charge in [0.1, 0.15) is 11.7 Å². The van der Waals surface area contributed by atoms with E-state index in [1.165, 1.54) is 31.2 Å². The molecule has 2 heteroatoms. The molecule has 0 radical (unpaired) electrons. The molecule has 2 saturated carbocycles. The fourth-order valence-corrected chi connectivity index (χ4v) is 5.11. The van der Waals surface area contributed by atoms with Gasteiger partial charge in [0.15, 0.2) is 5.78 Å². The molecule has 24 heavy (non-hydrogen) atoms. The maximum atomic E-state index is 13.1. The topological polar surface area (TPSA) is 34.1 Å². The number of rotatable bonds is 3. The van der Waals surface area contributed by atoms with Crippen LogP contribution in [0.25, 0.3) is 0 Å². The molecule has 0 N–H and O–H groups in total. The zero-order valence-corrected chi connectivity index (χ0v) is 15.5. The summed E-state index contributed by atoms with van der Waals surface area (Å²) in [4.78, 5) is 25.8. The van der Waals surface area contributed by atoms with E-state index in [2.05, 4.69) is 26.0 Å². The molecular formula is C22H30O2.